The highest BCUT2D eigenvalue weighted by Gasteiger charge is 2.22. The van der Waals surface area contributed by atoms with Crippen LogP contribution in [0.4, 0.5) is 0 Å². The van der Waals surface area contributed by atoms with E-state index >= 15 is 0 Å². The molecule has 0 spiro atoms. The molecule has 0 aliphatic carbocycles. The van der Waals surface area contributed by atoms with Crippen molar-refractivity contribution >= 4 is 18.3 Å². The highest BCUT2D eigenvalue weighted by Crippen LogP contribution is 2.26. The number of nitrogens with zero attached hydrogens (tertiary/aromatic N) is 1. The molecule has 1 N–H and O–H groups in total. The van der Waals surface area contributed by atoms with Crippen molar-refractivity contribution < 1.29 is 14.3 Å². The predicted molar refractivity (Wildman–Crippen MR) is 98.2 cm³/mol. The zero-order valence-electron chi connectivity index (χ0n) is 14.6. The summed E-state index contributed by atoms with van der Waals surface area (Å²) in [6.07, 6.45) is 2.13. The van der Waals surface area contributed by atoms with Crippen molar-refractivity contribution in [1.82, 2.24) is 10.2 Å². The van der Waals surface area contributed by atoms with Crippen LogP contribution in [-0.2, 0) is 4.79 Å². The lowest BCUT2D eigenvalue weighted by molar-refractivity contribution is -0.134. The molecule has 0 unspecified atom stereocenters. The number of carbonyl (C=O) groups excluding carboxylic acids is 1. The lowest BCUT2D eigenvalue weighted by Gasteiger charge is -2.32. The Hall–Kier alpha value is -1.46. The van der Waals surface area contributed by atoms with Crippen LogP contribution in [0.25, 0.3) is 0 Å². The molecule has 2 rings (SSSR count). The van der Waals surface area contributed by atoms with E-state index < -0.39 is 0 Å². The molecule has 0 aromatic heterocycles. The highest BCUT2D eigenvalue weighted by atomic mass is 35.5. The first-order valence-electron chi connectivity index (χ1n) is 8.57. The number of hydrogen-bond acceptors (Lipinski definition) is 4. The minimum absolute atomic E-state index is 0. The fraction of sp³-hybridized carbons (Fsp3) is 0.611. The zero-order valence-corrected chi connectivity index (χ0v) is 15.4. The zero-order chi connectivity index (χ0) is 16.5. The van der Waals surface area contributed by atoms with Crippen LogP contribution in [0.5, 0.6) is 11.5 Å². The second kappa shape index (κ2) is 11.2. The van der Waals surface area contributed by atoms with E-state index in [1.165, 1.54) is 0 Å². The van der Waals surface area contributed by atoms with Crippen molar-refractivity contribution in [2.45, 2.75) is 26.7 Å². The van der Waals surface area contributed by atoms with E-state index in [9.17, 15) is 4.79 Å². The van der Waals surface area contributed by atoms with Crippen molar-refractivity contribution in [2.24, 2.45) is 5.92 Å². The number of nitrogens with one attached hydrogen (secondary N) is 1. The number of piperidine rings is 1. The molecule has 1 saturated heterocycles. The van der Waals surface area contributed by atoms with Gasteiger partial charge in [0.15, 0.2) is 18.1 Å². The van der Waals surface area contributed by atoms with Crippen molar-refractivity contribution in [3.63, 3.8) is 0 Å². The fourth-order valence-electron chi connectivity index (χ4n) is 2.81. The first kappa shape index (κ1) is 20.6. The molecule has 1 amide bonds. The summed E-state index contributed by atoms with van der Waals surface area (Å²) in [5.41, 5.74) is 0. The van der Waals surface area contributed by atoms with Gasteiger partial charge in [0.25, 0.3) is 5.91 Å². The van der Waals surface area contributed by atoms with Crippen LogP contribution in [0.15, 0.2) is 24.3 Å². The summed E-state index contributed by atoms with van der Waals surface area (Å²) in [7, 11) is 0. The summed E-state index contributed by atoms with van der Waals surface area (Å²) in [6, 6.07) is 7.47. The molecule has 6 heteroatoms. The van der Waals surface area contributed by atoms with E-state index in [1.807, 2.05) is 36.1 Å². The Bertz CT molecular complexity index is 491. The van der Waals surface area contributed by atoms with Crippen LogP contribution in [0.2, 0.25) is 0 Å². The van der Waals surface area contributed by atoms with Crippen LogP contribution in [0.3, 0.4) is 0 Å². The fourth-order valence-corrected chi connectivity index (χ4v) is 2.81. The Morgan fingerprint density at radius 1 is 1.17 bits per heavy atom. The van der Waals surface area contributed by atoms with Crippen molar-refractivity contribution in [2.75, 3.05) is 39.4 Å². The second-order valence-corrected chi connectivity index (χ2v) is 5.80. The highest BCUT2D eigenvalue weighted by molar-refractivity contribution is 5.85. The smallest absolute Gasteiger partial charge is 0.260 e. The molecule has 5 nitrogen and oxygen atoms in total. The topological polar surface area (TPSA) is 50.8 Å². The average Bonchev–Trinajstić information content (AvgIpc) is 2.59. The number of carbonyl (C=O) groups is 1. The number of para-hydroxylation sites is 2. The molecular weight excluding hydrogens is 328 g/mol. The van der Waals surface area contributed by atoms with Crippen LogP contribution in [0.1, 0.15) is 26.7 Å². The lowest BCUT2D eigenvalue weighted by atomic mass is 9.97. The van der Waals surface area contributed by atoms with Crippen LogP contribution < -0.4 is 14.8 Å². The van der Waals surface area contributed by atoms with E-state index in [2.05, 4.69) is 12.2 Å². The van der Waals surface area contributed by atoms with Gasteiger partial charge < -0.3 is 19.7 Å². The summed E-state index contributed by atoms with van der Waals surface area (Å²) in [6.45, 7) is 8.41. The molecule has 1 fully saturated rings. The molecule has 1 aliphatic heterocycles. The Labute approximate surface area is 151 Å². The molecule has 0 saturated carbocycles. The maximum Gasteiger partial charge on any atom is 0.260 e. The third-order valence-electron chi connectivity index (χ3n) is 4.15. The number of halogens is 1. The van der Waals surface area contributed by atoms with Gasteiger partial charge in [0.2, 0.25) is 0 Å². The van der Waals surface area contributed by atoms with Gasteiger partial charge in [0, 0.05) is 13.1 Å². The van der Waals surface area contributed by atoms with Gasteiger partial charge in [0.05, 0.1) is 6.61 Å². The van der Waals surface area contributed by atoms with E-state index in [1.54, 1.807) is 0 Å². The number of ether oxygens (including phenoxy) is 2. The summed E-state index contributed by atoms with van der Waals surface area (Å²) in [4.78, 5) is 14.2. The van der Waals surface area contributed by atoms with E-state index in [0.29, 0.717) is 24.0 Å². The first-order valence-corrected chi connectivity index (χ1v) is 8.57. The normalized spacial score (nSPS) is 14.8. The van der Waals surface area contributed by atoms with Gasteiger partial charge in [0.1, 0.15) is 0 Å². The van der Waals surface area contributed by atoms with Crippen molar-refractivity contribution in [3.05, 3.63) is 24.3 Å². The molecule has 0 atom stereocenters. The van der Waals surface area contributed by atoms with E-state index in [-0.39, 0.29) is 24.9 Å². The maximum absolute atomic E-state index is 12.3. The molecule has 0 bridgehead atoms. The quantitative estimate of drug-likeness (QED) is 0.778. The lowest BCUT2D eigenvalue weighted by Crippen LogP contribution is -2.42. The van der Waals surface area contributed by atoms with Crippen molar-refractivity contribution in [1.29, 1.82) is 0 Å². The SMILES string of the molecule is CCNCC1CCN(C(=O)COc2ccccc2OCC)CC1.Cl. The monoisotopic (exact) mass is 356 g/mol. The molecule has 1 aromatic carbocycles. The van der Waals surface area contributed by atoms with Gasteiger partial charge in [-0.1, -0.05) is 19.1 Å². The number of likely N-dealkylation sites (tertiary alicyclic amines) is 1. The van der Waals surface area contributed by atoms with Crippen LogP contribution >= 0.6 is 12.4 Å². The van der Waals surface area contributed by atoms with Gasteiger partial charge >= 0.3 is 0 Å². The minimum atomic E-state index is 0. The molecular formula is C18H29ClN2O3. The van der Waals surface area contributed by atoms with Gasteiger partial charge in [-0.05, 0) is 50.9 Å². The second-order valence-electron chi connectivity index (χ2n) is 5.80. The molecule has 1 aromatic rings. The molecule has 0 radical (unpaired) electrons. The maximum atomic E-state index is 12.3. The largest absolute Gasteiger partial charge is 0.490 e. The number of hydrogen-bond donors (Lipinski definition) is 1. The summed E-state index contributed by atoms with van der Waals surface area (Å²) >= 11 is 0. The molecule has 1 aliphatic rings. The first-order chi connectivity index (χ1) is 11.2. The van der Waals surface area contributed by atoms with Crippen LogP contribution in [-0.4, -0.2) is 50.2 Å². The third-order valence-corrected chi connectivity index (χ3v) is 4.15. The van der Waals surface area contributed by atoms with Gasteiger partial charge in [-0.3, -0.25) is 4.79 Å². The molecule has 136 valence electrons. The van der Waals surface area contributed by atoms with E-state index in [4.69, 9.17) is 9.47 Å². The Balaban J connectivity index is 0.00000288. The minimum Gasteiger partial charge on any atom is -0.490 e. The standard InChI is InChI=1S/C18H28N2O3.ClH/c1-3-19-13-15-9-11-20(12-10-15)18(21)14-23-17-8-6-5-7-16(17)22-4-2;/h5-8,15,19H,3-4,9-14H2,1-2H3;1H. The molecule has 1 heterocycles. The number of amides is 1. The number of benzene rings is 1. The summed E-state index contributed by atoms with van der Waals surface area (Å²) < 4.78 is 11.2. The average molecular weight is 357 g/mol. The van der Waals surface area contributed by atoms with E-state index in [0.717, 1.165) is 39.0 Å². The Kier molecular flexibility index (Phi) is 9.57. The number of rotatable bonds is 8. The Morgan fingerprint density at radius 2 is 1.79 bits per heavy atom. The molecule has 24 heavy (non-hydrogen) atoms. The van der Waals surface area contributed by atoms with Gasteiger partial charge in [-0.15, -0.1) is 12.4 Å². The van der Waals surface area contributed by atoms with Gasteiger partial charge in [-0.25, -0.2) is 0 Å². The summed E-state index contributed by atoms with van der Waals surface area (Å²) in [5.74, 6) is 2.05. The predicted octanol–water partition coefficient (Wildman–Crippen LogP) is 2.73. The Morgan fingerprint density at radius 3 is 2.38 bits per heavy atom. The third kappa shape index (κ3) is 6.21. The summed E-state index contributed by atoms with van der Waals surface area (Å²) in [5, 5.41) is 3.38. The van der Waals surface area contributed by atoms with Crippen molar-refractivity contribution in [3.8, 4) is 11.5 Å². The van der Waals surface area contributed by atoms with Crippen LogP contribution in [0, 0.1) is 5.92 Å². The van der Waals surface area contributed by atoms with Gasteiger partial charge in [-0.2, -0.15) is 0 Å².